The van der Waals surface area contributed by atoms with Gasteiger partial charge in [0, 0.05) is 11.5 Å². The fraction of sp³-hybridized carbons (Fsp3) is 0.571. The smallest absolute Gasteiger partial charge is 0.341 e. The molecule has 0 N–H and O–H groups in total. The van der Waals surface area contributed by atoms with Gasteiger partial charge in [0.05, 0.1) is 5.69 Å². The highest BCUT2D eigenvalue weighted by molar-refractivity contribution is 7.86. The van der Waals surface area contributed by atoms with Crippen molar-refractivity contribution in [3.8, 4) is 0 Å². The number of hydrogen-bond acceptors (Lipinski definition) is 4. The Labute approximate surface area is 75.9 Å². The lowest BCUT2D eigenvalue weighted by Crippen LogP contribution is -2.11. The number of nitrogens with zero attached hydrogens (tertiary/aromatic N) is 1. The second kappa shape index (κ2) is 2.80. The second-order valence-electron chi connectivity index (χ2n) is 3.72. The molecule has 6 heteroatoms. The highest BCUT2D eigenvalue weighted by Crippen LogP contribution is 2.23. The van der Waals surface area contributed by atoms with Crippen LogP contribution in [0.25, 0.3) is 0 Å². The predicted octanol–water partition coefficient (Wildman–Crippen LogP) is 1.63. The summed E-state index contributed by atoms with van der Waals surface area (Å²) in [6.07, 6.45) is 0. The van der Waals surface area contributed by atoms with E-state index in [0.717, 1.165) is 6.07 Å². The number of halogens is 1. The lowest BCUT2D eigenvalue weighted by molar-refractivity contribution is 0.321. The monoisotopic (exact) mass is 207 g/mol. The molecular weight excluding hydrogens is 197 g/mol. The van der Waals surface area contributed by atoms with Crippen molar-refractivity contribution in [2.45, 2.75) is 31.3 Å². The highest BCUT2D eigenvalue weighted by atomic mass is 32.3. The Bertz CT molecular complexity index is 402. The van der Waals surface area contributed by atoms with Crippen molar-refractivity contribution in [3.63, 3.8) is 0 Å². The first kappa shape index (κ1) is 10.2. The first-order valence-electron chi connectivity index (χ1n) is 3.63. The number of hydrogen-bond donors (Lipinski definition) is 0. The van der Waals surface area contributed by atoms with E-state index in [0.29, 0.717) is 5.69 Å². The summed E-state index contributed by atoms with van der Waals surface area (Å²) in [6.45, 7) is 5.46. The van der Waals surface area contributed by atoms with E-state index in [1.807, 2.05) is 20.8 Å². The number of aromatic nitrogens is 1. The van der Waals surface area contributed by atoms with Crippen LogP contribution in [0.2, 0.25) is 0 Å². The Morgan fingerprint density at radius 2 is 2.00 bits per heavy atom. The van der Waals surface area contributed by atoms with Crippen LogP contribution >= 0.6 is 0 Å². The van der Waals surface area contributed by atoms with Crippen molar-refractivity contribution in [3.05, 3.63) is 11.8 Å². The largest absolute Gasteiger partial charge is 0.368 e. The molecule has 1 rings (SSSR count). The Morgan fingerprint density at radius 3 is 2.23 bits per heavy atom. The maximum absolute atomic E-state index is 12.4. The van der Waals surface area contributed by atoms with Gasteiger partial charge in [0.25, 0.3) is 5.09 Å². The third kappa shape index (κ3) is 2.27. The molecule has 1 heterocycles. The lowest BCUT2D eigenvalue weighted by atomic mass is 9.93. The molecule has 0 aliphatic heterocycles. The topological polar surface area (TPSA) is 60.2 Å². The standard InChI is InChI=1S/C7H10FNO3S/c1-7(2,3)5-4-6(12-9-5)13(8,10)11/h4H,1-3H3. The van der Waals surface area contributed by atoms with E-state index in [-0.39, 0.29) is 5.41 Å². The van der Waals surface area contributed by atoms with Crippen molar-refractivity contribution in [1.29, 1.82) is 0 Å². The van der Waals surface area contributed by atoms with Gasteiger partial charge in [-0.05, 0) is 0 Å². The van der Waals surface area contributed by atoms with Crippen LogP contribution in [0, 0.1) is 0 Å². The van der Waals surface area contributed by atoms with Crippen LogP contribution in [0.5, 0.6) is 0 Å². The van der Waals surface area contributed by atoms with Crippen molar-refractivity contribution >= 4 is 10.2 Å². The average Bonchev–Trinajstić information content (AvgIpc) is 2.28. The maximum Gasteiger partial charge on any atom is 0.368 e. The predicted molar refractivity (Wildman–Crippen MR) is 43.5 cm³/mol. The van der Waals surface area contributed by atoms with E-state index in [1.54, 1.807) is 0 Å². The third-order valence-electron chi connectivity index (χ3n) is 1.50. The van der Waals surface area contributed by atoms with E-state index < -0.39 is 15.3 Å². The first-order chi connectivity index (χ1) is 5.71. The Hall–Kier alpha value is -0.910. The molecule has 74 valence electrons. The molecule has 0 spiro atoms. The molecule has 0 aliphatic rings. The summed E-state index contributed by atoms with van der Waals surface area (Å²) in [5, 5.41) is 2.72. The van der Waals surface area contributed by atoms with Crippen LogP contribution in [-0.2, 0) is 15.6 Å². The fourth-order valence-electron chi connectivity index (χ4n) is 0.727. The summed E-state index contributed by atoms with van der Waals surface area (Å²) < 4.78 is 37.4. The quantitative estimate of drug-likeness (QED) is 0.656. The summed E-state index contributed by atoms with van der Waals surface area (Å²) in [6, 6.07) is 1.09. The van der Waals surface area contributed by atoms with Crippen LogP contribution in [0.15, 0.2) is 15.7 Å². The molecule has 13 heavy (non-hydrogen) atoms. The van der Waals surface area contributed by atoms with E-state index in [4.69, 9.17) is 0 Å². The molecule has 1 aromatic heterocycles. The zero-order valence-corrected chi connectivity index (χ0v) is 8.35. The second-order valence-corrected chi connectivity index (χ2v) is 5.00. The van der Waals surface area contributed by atoms with Gasteiger partial charge < -0.3 is 4.52 Å². The Balaban J connectivity index is 3.16. The van der Waals surface area contributed by atoms with Crippen LogP contribution in [0.4, 0.5) is 3.89 Å². The van der Waals surface area contributed by atoms with E-state index in [1.165, 1.54) is 0 Å². The van der Waals surface area contributed by atoms with Gasteiger partial charge in [-0.1, -0.05) is 29.8 Å². The zero-order chi connectivity index (χ0) is 10.3. The van der Waals surface area contributed by atoms with Crippen LogP contribution < -0.4 is 0 Å². The van der Waals surface area contributed by atoms with Crippen LogP contribution in [0.1, 0.15) is 26.5 Å². The van der Waals surface area contributed by atoms with Crippen molar-refractivity contribution in [1.82, 2.24) is 5.16 Å². The van der Waals surface area contributed by atoms with E-state index in [9.17, 15) is 12.3 Å². The van der Waals surface area contributed by atoms with Gasteiger partial charge in [-0.15, -0.1) is 0 Å². The summed E-state index contributed by atoms with van der Waals surface area (Å²) in [7, 11) is -4.77. The minimum atomic E-state index is -4.77. The molecular formula is C7H10FNO3S. The minimum absolute atomic E-state index is 0.355. The van der Waals surface area contributed by atoms with Crippen molar-refractivity contribution in [2.24, 2.45) is 0 Å². The third-order valence-corrected chi connectivity index (χ3v) is 2.17. The molecule has 0 aromatic carbocycles. The van der Waals surface area contributed by atoms with Gasteiger partial charge >= 0.3 is 10.2 Å². The van der Waals surface area contributed by atoms with Gasteiger partial charge in [-0.2, -0.15) is 8.42 Å². The normalized spacial score (nSPS) is 13.2. The van der Waals surface area contributed by atoms with Crippen LogP contribution in [-0.4, -0.2) is 13.6 Å². The molecule has 0 atom stereocenters. The van der Waals surface area contributed by atoms with E-state index >= 15 is 0 Å². The molecule has 0 saturated carbocycles. The van der Waals surface area contributed by atoms with Gasteiger partial charge in [0.1, 0.15) is 0 Å². The maximum atomic E-state index is 12.4. The fourth-order valence-corrected chi connectivity index (χ4v) is 1.11. The summed E-state index contributed by atoms with van der Waals surface area (Å²) >= 11 is 0. The summed E-state index contributed by atoms with van der Waals surface area (Å²) in [5.41, 5.74) is 0.0515. The molecule has 0 unspecified atom stereocenters. The molecule has 1 aromatic rings. The Morgan fingerprint density at radius 1 is 1.46 bits per heavy atom. The molecule has 0 fully saturated rings. The number of rotatable bonds is 1. The Kier molecular flexibility index (Phi) is 2.19. The first-order valence-corrected chi connectivity index (χ1v) is 5.01. The highest BCUT2D eigenvalue weighted by Gasteiger charge is 2.24. The zero-order valence-electron chi connectivity index (χ0n) is 7.54. The van der Waals surface area contributed by atoms with Crippen molar-refractivity contribution < 1.29 is 16.8 Å². The molecule has 0 amide bonds. The SMILES string of the molecule is CC(C)(C)c1cc(S(=O)(=O)F)on1. The average molecular weight is 207 g/mol. The van der Waals surface area contributed by atoms with E-state index in [2.05, 4.69) is 9.68 Å². The van der Waals surface area contributed by atoms with Gasteiger partial charge in [-0.25, -0.2) is 0 Å². The van der Waals surface area contributed by atoms with Gasteiger partial charge in [0.15, 0.2) is 0 Å². The van der Waals surface area contributed by atoms with Crippen molar-refractivity contribution in [2.75, 3.05) is 0 Å². The van der Waals surface area contributed by atoms with Gasteiger partial charge in [-0.3, -0.25) is 0 Å². The lowest BCUT2D eigenvalue weighted by Gasteiger charge is -2.12. The summed E-state index contributed by atoms with van der Waals surface area (Å²) in [5.74, 6) is 0. The van der Waals surface area contributed by atoms with Gasteiger partial charge in [0.2, 0.25) is 0 Å². The minimum Gasteiger partial charge on any atom is -0.341 e. The molecule has 0 saturated heterocycles. The molecule has 0 radical (unpaired) electrons. The molecule has 0 bridgehead atoms. The van der Waals surface area contributed by atoms with Crippen LogP contribution in [0.3, 0.4) is 0 Å². The molecule has 0 aliphatic carbocycles. The molecule has 4 nitrogen and oxygen atoms in total. The summed E-state index contributed by atoms with van der Waals surface area (Å²) in [4.78, 5) is 0.